The number of hydrogen-bond acceptors (Lipinski definition) is 0. The van der Waals surface area contributed by atoms with Crippen molar-refractivity contribution in [2.24, 2.45) is 34.5 Å². The molecular weight excluding hydrogens is 271 g/mol. The van der Waals surface area contributed by atoms with Crippen molar-refractivity contribution in [2.75, 3.05) is 0 Å². The molecule has 0 aromatic heterocycles. The van der Waals surface area contributed by atoms with Crippen LogP contribution in [-0.2, 0) is 0 Å². The molecule has 0 aromatic rings. The van der Waals surface area contributed by atoms with Crippen LogP contribution in [0.15, 0.2) is 11.6 Å². The van der Waals surface area contributed by atoms with E-state index in [0.717, 1.165) is 12.3 Å². The maximum absolute atomic E-state index is 14.6. The lowest BCUT2D eigenvalue weighted by molar-refractivity contribution is -0.0338. The van der Waals surface area contributed by atoms with Gasteiger partial charge in [0.15, 0.2) is 0 Å². The molecule has 0 aromatic carbocycles. The van der Waals surface area contributed by atoms with Gasteiger partial charge in [-0.1, -0.05) is 37.8 Å². The minimum atomic E-state index is -0.775. The maximum atomic E-state index is 14.6. The highest BCUT2D eigenvalue weighted by Crippen LogP contribution is 2.66. The molecule has 0 N–H and O–H groups in total. The zero-order valence-corrected chi connectivity index (χ0v) is 14.1. The van der Waals surface area contributed by atoms with Crippen molar-refractivity contribution in [1.82, 2.24) is 0 Å². The summed E-state index contributed by atoms with van der Waals surface area (Å²) >= 11 is 0. The molecule has 4 rings (SSSR count). The molecule has 0 amide bonds. The normalized spacial score (nSPS) is 53.7. The molecule has 0 aliphatic heterocycles. The molecule has 0 saturated heterocycles. The van der Waals surface area contributed by atoms with Crippen molar-refractivity contribution in [3.8, 4) is 12.3 Å². The van der Waals surface area contributed by atoms with Gasteiger partial charge in [0, 0.05) is 0 Å². The predicted molar refractivity (Wildman–Crippen MR) is 88.9 cm³/mol. The molecule has 22 heavy (non-hydrogen) atoms. The Labute approximate surface area is 134 Å². The lowest BCUT2D eigenvalue weighted by Gasteiger charge is -2.57. The van der Waals surface area contributed by atoms with Gasteiger partial charge in [-0.15, -0.1) is 6.42 Å². The maximum Gasteiger partial charge on any atom is 0.115 e. The first-order valence-corrected chi connectivity index (χ1v) is 9.30. The number of rotatable bonds is 0. The van der Waals surface area contributed by atoms with E-state index in [2.05, 4.69) is 25.8 Å². The molecule has 0 nitrogen and oxygen atoms in total. The molecule has 4 aliphatic rings. The van der Waals surface area contributed by atoms with Crippen LogP contribution in [0, 0.1) is 46.8 Å². The van der Waals surface area contributed by atoms with Gasteiger partial charge in [-0.05, 0) is 73.5 Å². The minimum absolute atomic E-state index is 0.0473. The second-order valence-electron chi connectivity index (χ2n) is 8.91. The van der Waals surface area contributed by atoms with Crippen LogP contribution in [-0.4, -0.2) is 6.17 Å². The van der Waals surface area contributed by atoms with E-state index in [1.807, 2.05) is 0 Å². The van der Waals surface area contributed by atoms with Gasteiger partial charge in [-0.2, -0.15) is 0 Å². The third-order valence-electron chi connectivity index (χ3n) is 8.19. The lowest BCUT2D eigenvalue weighted by atomic mass is 9.47. The van der Waals surface area contributed by atoms with E-state index in [0.29, 0.717) is 23.7 Å². The Kier molecular flexibility index (Phi) is 3.27. The zero-order valence-electron chi connectivity index (χ0n) is 14.1. The highest BCUT2D eigenvalue weighted by Gasteiger charge is 2.60. The Morgan fingerprint density at radius 2 is 2.05 bits per heavy atom. The standard InChI is InChI=1S/C21H29F/c1-4-16-19(22)13-18-15-9-8-14-7-5-6-11-20(14,2)17(15)10-12-21(16,18)3/h1,8,15-19H,5-7,9-13H2,2-3H3/t15-,16+,17+,18+,19-,20+,21-/m1/s1. The fraction of sp³-hybridized carbons (Fsp3) is 0.810. The topological polar surface area (TPSA) is 0 Å². The molecule has 0 spiro atoms. The number of alkyl halides is 1. The minimum Gasteiger partial charge on any atom is -0.246 e. The zero-order chi connectivity index (χ0) is 15.5. The summed E-state index contributed by atoms with van der Waals surface area (Å²) in [6.07, 6.45) is 17.2. The van der Waals surface area contributed by atoms with Gasteiger partial charge in [0.25, 0.3) is 0 Å². The monoisotopic (exact) mass is 300 g/mol. The second kappa shape index (κ2) is 4.86. The molecule has 1 heteroatoms. The van der Waals surface area contributed by atoms with E-state index in [1.54, 1.807) is 5.57 Å². The van der Waals surface area contributed by atoms with Crippen LogP contribution in [0.2, 0.25) is 0 Å². The fourth-order valence-corrected chi connectivity index (χ4v) is 6.96. The van der Waals surface area contributed by atoms with E-state index >= 15 is 0 Å². The summed E-state index contributed by atoms with van der Waals surface area (Å²) in [6.45, 7) is 4.80. The highest BCUT2D eigenvalue weighted by molar-refractivity contribution is 5.25. The summed E-state index contributed by atoms with van der Waals surface area (Å²) in [6, 6.07) is 0. The van der Waals surface area contributed by atoms with Crippen LogP contribution in [0.3, 0.4) is 0 Å². The molecule has 0 bridgehead atoms. The number of terminal acetylenes is 1. The van der Waals surface area contributed by atoms with Gasteiger partial charge in [0.1, 0.15) is 6.17 Å². The van der Waals surface area contributed by atoms with Crippen molar-refractivity contribution in [2.45, 2.75) is 71.4 Å². The van der Waals surface area contributed by atoms with Gasteiger partial charge >= 0.3 is 0 Å². The lowest BCUT2D eigenvalue weighted by Crippen LogP contribution is -2.49. The van der Waals surface area contributed by atoms with Crippen molar-refractivity contribution in [3.05, 3.63) is 11.6 Å². The molecule has 0 unspecified atom stereocenters. The van der Waals surface area contributed by atoms with Crippen LogP contribution in [0.4, 0.5) is 4.39 Å². The van der Waals surface area contributed by atoms with Crippen LogP contribution in [0.1, 0.15) is 65.2 Å². The molecule has 120 valence electrons. The Hall–Kier alpha value is -0.770. The van der Waals surface area contributed by atoms with Crippen molar-refractivity contribution < 1.29 is 4.39 Å². The average Bonchev–Trinajstić information content (AvgIpc) is 2.76. The molecule has 0 radical (unpaired) electrons. The molecule has 3 fully saturated rings. The quantitative estimate of drug-likeness (QED) is 0.407. The van der Waals surface area contributed by atoms with Crippen LogP contribution < -0.4 is 0 Å². The number of allylic oxidation sites excluding steroid dienone is 2. The first-order chi connectivity index (χ1) is 10.5. The fourth-order valence-electron chi connectivity index (χ4n) is 6.96. The Morgan fingerprint density at radius 1 is 1.23 bits per heavy atom. The number of fused-ring (bicyclic) bond motifs is 5. The number of hydrogen-bond donors (Lipinski definition) is 0. The SMILES string of the molecule is C#C[C@H]1[C@H](F)C[C@H]2[C@@H]3CC=C4CCCC[C@]4(C)[C@H]3CC[C@]12C. The van der Waals surface area contributed by atoms with Crippen molar-refractivity contribution in [3.63, 3.8) is 0 Å². The Morgan fingerprint density at radius 3 is 2.82 bits per heavy atom. The van der Waals surface area contributed by atoms with Gasteiger partial charge < -0.3 is 0 Å². The first-order valence-electron chi connectivity index (χ1n) is 9.30. The first kappa shape index (κ1) is 14.8. The van der Waals surface area contributed by atoms with Crippen molar-refractivity contribution >= 4 is 0 Å². The average molecular weight is 300 g/mol. The van der Waals surface area contributed by atoms with E-state index in [1.165, 1.54) is 38.5 Å². The summed E-state index contributed by atoms with van der Waals surface area (Å²) < 4.78 is 14.6. The molecular formula is C21H29F. The van der Waals surface area contributed by atoms with Crippen molar-refractivity contribution in [1.29, 1.82) is 0 Å². The molecule has 3 saturated carbocycles. The predicted octanol–water partition coefficient (Wildman–Crippen LogP) is 5.54. The highest BCUT2D eigenvalue weighted by atomic mass is 19.1. The van der Waals surface area contributed by atoms with E-state index in [-0.39, 0.29) is 11.3 Å². The van der Waals surface area contributed by atoms with Gasteiger partial charge in [0.2, 0.25) is 0 Å². The van der Waals surface area contributed by atoms with Crippen LogP contribution >= 0.6 is 0 Å². The summed E-state index contributed by atoms with van der Waals surface area (Å²) in [5.74, 6) is 4.61. The largest absolute Gasteiger partial charge is 0.246 e. The second-order valence-corrected chi connectivity index (χ2v) is 8.91. The Balaban J connectivity index is 1.70. The Bertz CT molecular complexity index is 541. The van der Waals surface area contributed by atoms with E-state index in [4.69, 9.17) is 6.42 Å². The molecule has 4 aliphatic carbocycles. The molecule has 7 atom stereocenters. The van der Waals surface area contributed by atoms with E-state index < -0.39 is 6.17 Å². The third-order valence-corrected chi connectivity index (χ3v) is 8.19. The van der Waals surface area contributed by atoms with Crippen LogP contribution in [0.5, 0.6) is 0 Å². The van der Waals surface area contributed by atoms with Gasteiger partial charge in [-0.25, -0.2) is 4.39 Å². The van der Waals surface area contributed by atoms with Crippen LogP contribution in [0.25, 0.3) is 0 Å². The smallest absolute Gasteiger partial charge is 0.115 e. The summed E-state index contributed by atoms with van der Waals surface area (Å²) in [5.41, 5.74) is 2.18. The summed E-state index contributed by atoms with van der Waals surface area (Å²) in [5, 5.41) is 0. The third kappa shape index (κ3) is 1.76. The van der Waals surface area contributed by atoms with E-state index in [9.17, 15) is 4.39 Å². The van der Waals surface area contributed by atoms with Gasteiger partial charge in [0.05, 0.1) is 5.92 Å². The summed E-state index contributed by atoms with van der Waals surface area (Å²) in [4.78, 5) is 0. The molecule has 0 heterocycles. The number of halogens is 1. The summed E-state index contributed by atoms with van der Waals surface area (Å²) in [7, 11) is 0. The van der Waals surface area contributed by atoms with Gasteiger partial charge in [-0.3, -0.25) is 0 Å².